The number of amides is 6. The smallest absolute Gasteiger partial charge is 0.410 e. The van der Waals surface area contributed by atoms with Crippen LogP contribution in [0.15, 0.2) is 18.2 Å². The molecule has 1 aromatic rings. The Kier molecular flexibility index (Phi) is 15.2. The zero-order valence-electron chi connectivity index (χ0n) is 25.5. The number of nitrogens with two attached hydrogens (primary N) is 1. The molecule has 0 unspecified atom stereocenters. The summed E-state index contributed by atoms with van der Waals surface area (Å²) in [6, 6.07) is 2.27. The van der Waals surface area contributed by atoms with E-state index in [1.807, 2.05) is 0 Å². The summed E-state index contributed by atoms with van der Waals surface area (Å²) in [5, 5.41) is 10.5. The molecule has 0 saturated carbocycles. The minimum atomic E-state index is -1.04. The summed E-state index contributed by atoms with van der Waals surface area (Å²) in [5.74, 6) is 0.921. The minimum absolute atomic E-state index is 0.126. The van der Waals surface area contributed by atoms with Gasteiger partial charge in [-0.05, 0) is 62.8 Å². The van der Waals surface area contributed by atoms with Gasteiger partial charge in [0.05, 0.1) is 0 Å². The second kappa shape index (κ2) is 17.7. The molecular formula is C29H43ClN6O7. The summed E-state index contributed by atoms with van der Waals surface area (Å²) < 4.78 is 10.2. The van der Waals surface area contributed by atoms with Gasteiger partial charge < -0.3 is 41.4 Å². The highest BCUT2D eigenvalue weighted by Gasteiger charge is 2.30. The number of nitrogens with one attached hydrogen (secondary N) is 4. The van der Waals surface area contributed by atoms with Crippen molar-refractivity contribution >= 4 is 47.3 Å². The summed E-state index contributed by atoms with van der Waals surface area (Å²) >= 11 is 6.09. The summed E-state index contributed by atoms with van der Waals surface area (Å²) in [7, 11) is 1.53. The molecule has 0 radical (unpaired) electrons. The molecule has 43 heavy (non-hydrogen) atoms. The van der Waals surface area contributed by atoms with Crippen LogP contribution in [-0.2, 0) is 31.5 Å². The van der Waals surface area contributed by atoms with Crippen LogP contribution in [0.2, 0.25) is 0 Å². The Bertz CT molecular complexity index is 1180. The molecule has 0 aliphatic heterocycles. The molecule has 0 spiro atoms. The maximum Gasteiger partial charge on any atom is 0.410 e. The third kappa shape index (κ3) is 14.0. The number of hydrogen-bond acceptors (Lipinski definition) is 7. The number of anilines is 1. The van der Waals surface area contributed by atoms with E-state index < -0.39 is 47.7 Å². The summed E-state index contributed by atoms with van der Waals surface area (Å²) in [6.07, 6.45) is 4.21. The van der Waals surface area contributed by atoms with Crippen LogP contribution in [0.25, 0.3) is 0 Å². The van der Waals surface area contributed by atoms with Gasteiger partial charge in [0.25, 0.3) is 0 Å². The number of carbonyl (C=O) groups is 5. The van der Waals surface area contributed by atoms with E-state index in [4.69, 9.17) is 33.2 Å². The second-order valence-electron chi connectivity index (χ2n) is 11.1. The van der Waals surface area contributed by atoms with Gasteiger partial charge in [0.2, 0.25) is 11.8 Å². The molecule has 1 rings (SSSR count). The predicted octanol–water partition coefficient (Wildman–Crippen LogP) is 3.05. The monoisotopic (exact) mass is 622 g/mol. The second-order valence-corrected chi connectivity index (χ2v) is 11.4. The third-order valence-corrected chi connectivity index (χ3v) is 6.13. The average Bonchev–Trinajstić information content (AvgIpc) is 2.90. The largest absolute Gasteiger partial charge is 0.444 e. The number of alkyl carbamates (subject to hydrolysis) is 1. The molecule has 13 nitrogen and oxygen atoms in total. The zero-order valence-corrected chi connectivity index (χ0v) is 26.3. The number of alkyl halides is 1. The minimum Gasteiger partial charge on any atom is -0.444 e. The maximum absolute atomic E-state index is 13.4. The Labute approximate surface area is 257 Å². The van der Waals surface area contributed by atoms with E-state index in [1.54, 1.807) is 52.8 Å². The molecule has 0 heterocycles. The molecule has 0 aliphatic rings. The van der Waals surface area contributed by atoms with Crippen molar-refractivity contribution in [3.8, 4) is 12.3 Å². The molecule has 238 valence electrons. The van der Waals surface area contributed by atoms with Crippen molar-refractivity contribution in [2.75, 3.05) is 25.5 Å². The fourth-order valence-electron chi connectivity index (χ4n) is 3.76. The normalized spacial score (nSPS) is 12.3. The van der Waals surface area contributed by atoms with E-state index in [9.17, 15) is 24.0 Å². The Balaban J connectivity index is 3.14. The van der Waals surface area contributed by atoms with Gasteiger partial charge >= 0.3 is 18.2 Å². The van der Waals surface area contributed by atoms with Gasteiger partial charge in [0.15, 0.2) is 6.61 Å². The van der Waals surface area contributed by atoms with Gasteiger partial charge in [0.1, 0.15) is 17.7 Å². The zero-order chi connectivity index (χ0) is 32.7. The number of hydrogen-bond donors (Lipinski definition) is 5. The number of halogens is 1. The van der Waals surface area contributed by atoms with Gasteiger partial charge in [-0.15, -0.1) is 18.0 Å². The van der Waals surface area contributed by atoms with Crippen LogP contribution in [0, 0.1) is 18.3 Å². The highest BCUT2D eigenvalue weighted by molar-refractivity contribution is 6.17. The molecule has 0 saturated heterocycles. The van der Waals surface area contributed by atoms with Crippen LogP contribution in [0.1, 0.15) is 58.6 Å². The molecular weight excluding hydrogens is 580 g/mol. The molecule has 6 amide bonds. The number of carbonyl (C=O) groups excluding carboxylic acids is 5. The van der Waals surface area contributed by atoms with Gasteiger partial charge in [-0.2, -0.15) is 0 Å². The van der Waals surface area contributed by atoms with E-state index in [-0.39, 0.29) is 37.9 Å². The Morgan fingerprint density at radius 2 is 1.77 bits per heavy atom. The predicted molar refractivity (Wildman–Crippen MR) is 163 cm³/mol. The molecule has 0 fully saturated rings. The van der Waals surface area contributed by atoms with Crippen molar-refractivity contribution in [1.29, 1.82) is 0 Å². The first-order chi connectivity index (χ1) is 20.1. The highest BCUT2D eigenvalue weighted by atomic mass is 35.5. The van der Waals surface area contributed by atoms with Crippen molar-refractivity contribution in [3.63, 3.8) is 0 Å². The van der Waals surface area contributed by atoms with Crippen LogP contribution in [0.5, 0.6) is 0 Å². The maximum atomic E-state index is 13.4. The summed E-state index contributed by atoms with van der Waals surface area (Å²) in [4.78, 5) is 63.6. The number of ether oxygens (including phenoxy) is 2. The van der Waals surface area contributed by atoms with Crippen molar-refractivity contribution in [1.82, 2.24) is 20.9 Å². The topological polar surface area (TPSA) is 181 Å². The van der Waals surface area contributed by atoms with Gasteiger partial charge in [-0.25, -0.2) is 14.4 Å². The van der Waals surface area contributed by atoms with Crippen LogP contribution in [0.4, 0.5) is 20.1 Å². The average molecular weight is 623 g/mol. The van der Waals surface area contributed by atoms with E-state index in [1.165, 1.54) is 11.9 Å². The van der Waals surface area contributed by atoms with Gasteiger partial charge in [-0.3, -0.25) is 9.59 Å². The van der Waals surface area contributed by atoms with E-state index >= 15 is 0 Å². The number of nitrogens with zero attached hydrogens (tertiary/aromatic N) is 1. The number of primary amides is 1. The fraction of sp³-hybridized carbons (Fsp3) is 0.552. The van der Waals surface area contributed by atoms with Crippen molar-refractivity contribution in [3.05, 3.63) is 29.3 Å². The molecule has 0 aliphatic carbocycles. The van der Waals surface area contributed by atoms with Crippen molar-refractivity contribution in [2.45, 2.75) is 77.6 Å². The molecule has 2 atom stereocenters. The molecule has 6 N–H and O–H groups in total. The number of terminal acetylenes is 1. The van der Waals surface area contributed by atoms with Crippen LogP contribution < -0.4 is 27.0 Å². The number of urea groups is 1. The lowest BCUT2D eigenvalue weighted by Gasteiger charge is -2.27. The first-order valence-electron chi connectivity index (χ1n) is 13.7. The lowest BCUT2D eigenvalue weighted by atomic mass is 10.0. The number of benzene rings is 1. The van der Waals surface area contributed by atoms with Crippen molar-refractivity contribution in [2.24, 2.45) is 11.7 Å². The lowest BCUT2D eigenvalue weighted by molar-refractivity contribution is -0.128. The van der Waals surface area contributed by atoms with Gasteiger partial charge in [0, 0.05) is 31.7 Å². The van der Waals surface area contributed by atoms with Gasteiger partial charge in [-0.1, -0.05) is 25.8 Å². The van der Waals surface area contributed by atoms with Crippen LogP contribution in [0.3, 0.4) is 0 Å². The quantitative estimate of drug-likeness (QED) is 0.120. The highest BCUT2D eigenvalue weighted by Crippen LogP contribution is 2.20. The SMILES string of the molecule is C#CCOC(=O)N(C)Cc1cc(NC(=O)[C@@H](CCCNC(N)=O)NC(=O)[C@H](NC(=O)OC(C)(C)C)C(C)C)ccc1CCl. The standard InChI is InChI=1S/C29H43ClN6O7/c1-8-14-42-28(41)36(7)17-20-15-21(12-11-19(20)16-30)33-24(37)22(10-9-13-32-26(31)39)34-25(38)23(18(2)3)35-27(40)43-29(4,5)6/h1,11-12,15,18,22-23H,9-10,13-14,16-17H2,2-7H3,(H,33,37)(H,34,38)(H,35,40)(H3,31,32,39)/t22-,23-/m1/s1. The molecule has 1 aromatic carbocycles. The fourth-order valence-corrected chi connectivity index (χ4v) is 4.02. The first kappa shape index (κ1) is 36.8. The first-order valence-corrected chi connectivity index (χ1v) is 14.2. The molecule has 0 aromatic heterocycles. The lowest BCUT2D eigenvalue weighted by Crippen LogP contribution is -2.55. The summed E-state index contributed by atoms with van der Waals surface area (Å²) in [6.45, 7) is 8.72. The van der Waals surface area contributed by atoms with E-state index in [0.717, 1.165) is 5.56 Å². The number of rotatable bonds is 14. The Hall–Kier alpha value is -4.18. The Morgan fingerprint density at radius 3 is 2.33 bits per heavy atom. The molecule has 14 heteroatoms. The van der Waals surface area contributed by atoms with E-state index in [0.29, 0.717) is 17.7 Å². The molecule has 0 bridgehead atoms. The Morgan fingerprint density at radius 1 is 1.09 bits per heavy atom. The summed E-state index contributed by atoms with van der Waals surface area (Å²) in [5.41, 5.74) is 6.13. The van der Waals surface area contributed by atoms with Crippen molar-refractivity contribution < 1.29 is 33.4 Å². The van der Waals surface area contributed by atoms with Crippen LogP contribution >= 0.6 is 11.6 Å². The third-order valence-electron chi connectivity index (χ3n) is 5.84. The van der Waals surface area contributed by atoms with Crippen LogP contribution in [-0.4, -0.2) is 72.8 Å². The van der Waals surface area contributed by atoms with E-state index in [2.05, 4.69) is 27.2 Å².